The van der Waals surface area contributed by atoms with Crippen LogP contribution in [-0.2, 0) is 14.8 Å². The molecule has 2 rings (SSSR count). The smallest absolute Gasteiger partial charge is 0.232 e. The van der Waals surface area contributed by atoms with E-state index >= 15 is 0 Å². The Balaban J connectivity index is 1.74. The van der Waals surface area contributed by atoms with Crippen LogP contribution < -0.4 is 9.62 Å². The minimum absolute atomic E-state index is 0.00437. The zero-order valence-corrected chi connectivity index (χ0v) is 19.1. The predicted octanol–water partition coefficient (Wildman–Crippen LogP) is 3.23. The normalized spacial score (nSPS) is 15.7. The summed E-state index contributed by atoms with van der Waals surface area (Å²) in [6.45, 7) is 8.23. The van der Waals surface area contributed by atoms with Crippen LogP contribution in [0, 0.1) is 13.8 Å². The number of anilines is 1. The fourth-order valence-corrected chi connectivity index (χ4v) is 4.83. The van der Waals surface area contributed by atoms with E-state index in [1.807, 2.05) is 32.0 Å². The Morgan fingerprint density at radius 1 is 1.10 bits per heavy atom. The van der Waals surface area contributed by atoms with Crippen LogP contribution >= 0.6 is 0 Å². The molecule has 6 nitrogen and oxygen atoms in total. The molecular formula is C22H37N3O3S. The van der Waals surface area contributed by atoms with Crippen molar-refractivity contribution in [3.05, 3.63) is 29.3 Å². The van der Waals surface area contributed by atoms with Crippen LogP contribution in [0.25, 0.3) is 0 Å². The van der Waals surface area contributed by atoms with Crippen molar-refractivity contribution in [1.82, 2.24) is 10.2 Å². The van der Waals surface area contributed by atoms with Gasteiger partial charge in [-0.05, 0) is 76.4 Å². The Kier molecular flexibility index (Phi) is 9.43. The van der Waals surface area contributed by atoms with E-state index in [0.29, 0.717) is 31.6 Å². The summed E-state index contributed by atoms with van der Waals surface area (Å²) in [5.41, 5.74) is 2.63. The number of rotatable bonds is 10. The van der Waals surface area contributed by atoms with Crippen LogP contribution in [0.3, 0.4) is 0 Å². The molecule has 1 amide bonds. The zero-order valence-electron chi connectivity index (χ0n) is 18.2. The molecule has 1 fully saturated rings. The Morgan fingerprint density at radius 3 is 2.45 bits per heavy atom. The molecule has 0 aromatic heterocycles. The quantitative estimate of drug-likeness (QED) is 0.587. The standard InChI is InChI=1S/C22H37N3O3S/c1-19-11-12-20(2)21(18-19)25(29(3,27)28)17-8-10-22(26)23-13-9-16-24-14-6-4-5-7-15-24/h11-12,18H,4-10,13-17H2,1-3H3,(H,23,26). The van der Waals surface area contributed by atoms with E-state index in [1.54, 1.807) is 0 Å². The van der Waals surface area contributed by atoms with Crippen molar-refractivity contribution in [2.45, 2.75) is 58.8 Å². The lowest BCUT2D eigenvalue weighted by molar-refractivity contribution is -0.121. The summed E-state index contributed by atoms with van der Waals surface area (Å²) in [7, 11) is -3.40. The van der Waals surface area contributed by atoms with Crippen LogP contribution in [0.1, 0.15) is 56.1 Å². The highest BCUT2D eigenvalue weighted by molar-refractivity contribution is 7.92. The molecule has 0 saturated carbocycles. The fraction of sp³-hybridized carbons (Fsp3) is 0.682. The molecule has 164 valence electrons. The first-order chi connectivity index (χ1) is 13.8. The van der Waals surface area contributed by atoms with Gasteiger partial charge in [0.15, 0.2) is 0 Å². The van der Waals surface area contributed by atoms with Gasteiger partial charge < -0.3 is 10.2 Å². The predicted molar refractivity (Wildman–Crippen MR) is 120 cm³/mol. The second-order valence-corrected chi connectivity index (χ2v) is 10.1. The summed E-state index contributed by atoms with van der Waals surface area (Å²) in [5, 5.41) is 2.98. The summed E-state index contributed by atoms with van der Waals surface area (Å²) in [5.74, 6) is -0.00437. The van der Waals surface area contributed by atoms with Gasteiger partial charge in [0.05, 0.1) is 11.9 Å². The molecule has 0 spiro atoms. The molecule has 0 atom stereocenters. The third kappa shape index (κ3) is 8.34. The summed E-state index contributed by atoms with van der Waals surface area (Å²) in [6.07, 6.45) is 8.24. The van der Waals surface area contributed by atoms with E-state index in [9.17, 15) is 13.2 Å². The molecule has 1 N–H and O–H groups in total. The SMILES string of the molecule is Cc1ccc(C)c(N(CCCC(=O)NCCCN2CCCCCC2)S(C)(=O)=O)c1. The molecule has 1 heterocycles. The molecule has 1 aromatic carbocycles. The van der Waals surface area contributed by atoms with Gasteiger partial charge >= 0.3 is 0 Å². The number of hydrogen-bond acceptors (Lipinski definition) is 4. The van der Waals surface area contributed by atoms with E-state index in [2.05, 4.69) is 10.2 Å². The number of hydrogen-bond donors (Lipinski definition) is 1. The maximum atomic E-state index is 12.3. The molecule has 1 aliphatic rings. The average molecular weight is 424 g/mol. The summed E-state index contributed by atoms with van der Waals surface area (Å²) < 4.78 is 26.0. The lowest BCUT2D eigenvalue weighted by Crippen LogP contribution is -2.33. The average Bonchev–Trinajstić information content (AvgIpc) is 2.92. The molecule has 0 bridgehead atoms. The largest absolute Gasteiger partial charge is 0.356 e. The van der Waals surface area contributed by atoms with Gasteiger partial charge in [-0.3, -0.25) is 9.10 Å². The Morgan fingerprint density at radius 2 is 1.79 bits per heavy atom. The van der Waals surface area contributed by atoms with E-state index < -0.39 is 10.0 Å². The summed E-state index contributed by atoms with van der Waals surface area (Å²) in [4.78, 5) is 14.6. The number of nitrogens with one attached hydrogen (secondary N) is 1. The van der Waals surface area contributed by atoms with Crippen molar-refractivity contribution in [1.29, 1.82) is 0 Å². The summed E-state index contributed by atoms with van der Waals surface area (Å²) >= 11 is 0. The lowest BCUT2D eigenvalue weighted by atomic mass is 10.1. The molecule has 1 saturated heterocycles. The van der Waals surface area contributed by atoms with Gasteiger partial charge in [0, 0.05) is 19.5 Å². The first kappa shape index (κ1) is 23.7. The van der Waals surface area contributed by atoms with E-state index in [-0.39, 0.29) is 5.91 Å². The minimum atomic E-state index is -3.40. The van der Waals surface area contributed by atoms with Crippen LogP contribution in [-0.4, -0.2) is 58.2 Å². The van der Waals surface area contributed by atoms with Crippen molar-refractivity contribution in [2.75, 3.05) is 43.3 Å². The highest BCUT2D eigenvalue weighted by Gasteiger charge is 2.19. The van der Waals surface area contributed by atoms with Crippen molar-refractivity contribution < 1.29 is 13.2 Å². The van der Waals surface area contributed by atoms with Crippen molar-refractivity contribution in [2.24, 2.45) is 0 Å². The van der Waals surface area contributed by atoms with E-state index in [0.717, 1.165) is 24.1 Å². The first-order valence-corrected chi connectivity index (χ1v) is 12.7. The minimum Gasteiger partial charge on any atom is -0.356 e. The van der Waals surface area contributed by atoms with Crippen LogP contribution in [0.15, 0.2) is 18.2 Å². The number of nitrogens with zero attached hydrogens (tertiary/aromatic N) is 2. The second kappa shape index (κ2) is 11.6. The third-order valence-corrected chi connectivity index (χ3v) is 6.65. The molecule has 0 radical (unpaired) electrons. The molecule has 7 heteroatoms. The molecular weight excluding hydrogens is 386 g/mol. The number of carbonyl (C=O) groups excluding carboxylic acids is 1. The zero-order chi connectivity index (χ0) is 21.3. The molecule has 1 aromatic rings. The molecule has 29 heavy (non-hydrogen) atoms. The van der Waals surface area contributed by atoms with Gasteiger partial charge in [-0.15, -0.1) is 0 Å². The van der Waals surface area contributed by atoms with Crippen LogP contribution in [0.4, 0.5) is 5.69 Å². The van der Waals surface area contributed by atoms with Crippen molar-refractivity contribution in [3.8, 4) is 0 Å². The molecule has 0 unspecified atom stereocenters. The highest BCUT2D eigenvalue weighted by atomic mass is 32.2. The van der Waals surface area contributed by atoms with E-state index in [4.69, 9.17) is 0 Å². The van der Waals surface area contributed by atoms with Gasteiger partial charge in [0.1, 0.15) is 0 Å². The van der Waals surface area contributed by atoms with Gasteiger partial charge in [-0.2, -0.15) is 0 Å². The van der Waals surface area contributed by atoms with Gasteiger partial charge in [0.2, 0.25) is 15.9 Å². The molecule has 0 aliphatic carbocycles. The lowest BCUT2D eigenvalue weighted by Gasteiger charge is -2.24. The topological polar surface area (TPSA) is 69.7 Å². The number of benzene rings is 1. The van der Waals surface area contributed by atoms with Crippen LogP contribution in [0.5, 0.6) is 0 Å². The number of aryl methyl sites for hydroxylation is 2. The van der Waals surface area contributed by atoms with Gasteiger partial charge in [0.25, 0.3) is 0 Å². The third-order valence-electron chi connectivity index (χ3n) is 5.47. The summed E-state index contributed by atoms with van der Waals surface area (Å²) in [6, 6.07) is 5.79. The molecule has 1 aliphatic heterocycles. The number of sulfonamides is 1. The Hall–Kier alpha value is -1.60. The second-order valence-electron chi connectivity index (χ2n) is 8.19. The van der Waals surface area contributed by atoms with Crippen molar-refractivity contribution >= 4 is 21.6 Å². The van der Waals surface area contributed by atoms with Crippen molar-refractivity contribution in [3.63, 3.8) is 0 Å². The van der Waals surface area contributed by atoms with Gasteiger partial charge in [-0.1, -0.05) is 25.0 Å². The van der Waals surface area contributed by atoms with E-state index in [1.165, 1.54) is 49.3 Å². The van der Waals surface area contributed by atoms with Crippen LogP contribution in [0.2, 0.25) is 0 Å². The number of amides is 1. The monoisotopic (exact) mass is 423 g/mol. The van der Waals surface area contributed by atoms with Gasteiger partial charge in [-0.25, -0.2) is 8.42 Å². The Bertz CT molecular complexity index is 757. The Labute approximate surface area is 176 Å². The number of carbonyl (C=O) groups is 1. The highest BCUT2D eigenvalue weighted by Crippen LogP contribution is 2.24. The maximum Gasteiger partial charge on any atom is 0.232 e. The maximum absolute atomic E-state index is 12.3. The first-order valence-electron chi connectivity index (χ1n) is 10.8. The number of likely N-dealkylation sites (tertiary alicyclic amines) is 1. The fourth-order valence-electron chi connectivity index (χ4n) is 3.81.